The summed E-state index contributed by atoms with van der Waals surface area (Å²) in [6.07, 6.45) is 2.65. The molecular formula is C10H21NS. The predicted octanol–water partition coefficient (Wildman–Crippen LogP) is 2.43. The summed E-state index contributed by atoms with van der Waals surface area (Å²) in [6, 6.07) is 0.667. The Kier molecular flexibility index (Phi) is 3.11. The summed E-state index contributed by atoms with van der Waals surface area (Å²) in [5.41, 5.74) is 0. The summed E-state index contributed by atoms with van der Waals surface area (Å²) < 4.78 is 0.172. The molecule has 1 heterocycles. The second-order valence-electron chi connectivity index (χ2n) is 4.52. The van der Waals surface area contributed by atoms with E-state index in [-0.39, 0.29) is 4.75 Å². The molecule has 72 valence electrons. The van der Waals surface area contributed by atoms with E-state index in [1.54, 1.807) is 0 Å². The molecule has 1 nitrogen and oxygen atoms in total. The molecule has 1 rings (SSSR count). The van der Waals surface area contributed by atoms with Crippen molar-refractivity contribution in [2.45, 2.75) is 44.4 Å². The smallest absolute Gasteiger partial charge is 0.0279 e. The van der Waals surface area contributed by atoms with E-state index in [2.05, 4.69) is 32.7 Å². The van der Waals surface area contributed by atoms with Crippen molar-refractivity contribution in [1.29, 1.82) is 0 Å². The van der Waals surface area contributed by atoms with E-state index in [0.717, 1.165) is 0 Å². The third kappa shape index (κ3) is 1.80. The SMILES string of the molecule is CC(C)C(C)(S)[C@H]1CCCN1C. The van der Waals surface area contributed by atoms with Gasteiger partial charge in [0.2, 0.25) is 0 Å². The Labute approximate surface area is 81.9 Å². The molecule has 0 aromatic carbocycles. The zero-order valence-corrected chi connectivity index (χ0v) is 9.56. The number of likely N-dealkylation sites (tertiary alicyclic amines) is 1. The first-order valence-electron chi connectivity index (χ1n) is 4.89. The van der Waals surface area contributed by atoms with Crippen LogP contribution in [0.15, 0.2) is 0 Å². The lowest BCUT2D eigenvalue weighted by molar-refractivity contribution is 0.227. The minimum Gasteiger partial charge on any atom is -0.302 e. The van der Waals surface area contributed by atoms with Crippen LogP contribution in [0.2, 0.25) is 0 Å². The lowest BCUT2D eigenvalue weighted by Gasteiger charge is -2.38. The Bertz CT molecular complexity index is 154. The Balaban J connectivity index is 2.67. The van der Waals surface area contributed by atoms with Gasteiger partial charge in [-0.15, -0.1) is 0 Å². The molecule has 0 bridgehead atoms. The number of hydrogen-bond donors (Lipinski definition) is 1. The maximum Gasteiger partial charge on any atom is 0.0279 e. The van der Waals surface area contributed by atoms with Gasteiger partial charge < -0.3 is 4.90 Å². The van der Waals surface area contributed by atoms with Crippen LogP contribution in [0.3, 0.4) is 0 Å². The van der Waals surface area contributed by atoms with E-state index in [4.69, 9.17) is 12.6 Å². The molecule has 2 heteroatoms. The Morgan fingerprint density at radius 3 is 2.42 bits per heavy atom. The van der Waals surface area contributed by atoms with Crippen molar-refractivity contribution in [3.05, 3.63) is 0 Å². The van der Waals surface area contributed by atoms with Gasteiger partial charge in [0.1, 0.15) is 0 Å². The van der Waals surface area contributed by atoms with E-state index in [0.29, 0.717) is 12.0 Å². The second-order valence-corrected chi connectivity index (χ2v) is 5.48. The monoisotopic (exact) mass is 187 g/mol. The van der Waals surface area contributed by atoms with E-state index < -0.39 is 0 Å². The van der Waals surface area contributed by atoms with Gasteiger partial charge in [0.25, 0.3) is 0 Å². The number of hydrogen-bond acceptors (Lipinski definition) is 2. The van der Waals surface area contributed by atoms with Crippen molar-refractivity contribution in [2.75, 3.05) is 13.6 Å². The van der Waals surface area contributed by atoms with Gasteiger partial charge in [-0.1, -0.05) is 13.8 Å². The molecule has 2 atom stereocenters. The van der Waals surface area contributed by atoms with Gasteiger partial charge >= 0.3 is 0 Å². The topological polar surface area (TPSA) is 3.24 Å². The normalized spacial score (nSPS) is 31.0. The van der Waals surface area contributed by atoms with E-state index in [1.165, 1.54) is 19.4 Å². The zero-order chi connectivity index (χ0) is 9.35. The minimum absolute atomic E-state index is 0.172. The lowest BCUT2D eigenvalue weighted by atomic mass is 9.88. The summed E-state index contributed by atoms with van der Waals surface area (Å²) in [5.74, 6) is 0.645. The third-order valence-electron chi connectivity index (χ3n) is 3.36. The third-order valence-corrected chi connectivity index (χ3v) is 4.18. The Morgan fingerprint density at radius 1 is 1.50 bits per heavy atom. The molecule has 0 aliphatic carbocycles. The summed E-state index contributed by atoms with van der Waals surface area (Å²) in [4.78, 5) is 2.45. The molecule has 1 aliphatic rings. The van der Waals surface area contributed by atoms with Gasteiger partial charge in [-0.3, -0.25) is 0 Å². The highest BCUT2D eigenvalue weighted by molar-refractivity contribution is 7.81. The van der Waals surface area contributed by atoms with Crippen LogP contribution in [-0.4, -0.2) is 29.3 Å². The van der Waals surface area contributed by atoms with Gasteiger partial charge in [-0.2, -0.15) is 12.6 Å². The van der Waals surface area contributed by atoms with Gasteiger partial charge in [0.15, 0.2) is 0 Å². The molecule has 0 N–H and O–H groups in total. The molecule has 0 aromatic heterocycles. The minimum atomic E-state index is 0.172. The first-order chi connectivity index (χ1) is 5.46. The van der Waals surface area contributed by atoms with Crippen molar-refractivity contribution < 1.29 is 0 Å². The maximum absolute atomic E-state index is 4.79. The molecule has 0 amide bonds. The van der Waals surface area contributed by atoms with Crippen molar-refractivity contribution in [3.8, 4) is 0 Å². The summed E-state index contributed by atoms with van der Waals surface area (Å²) >= 11 is 4.79. The van der Waals surface area contributed by atoms with Gasteiger partial charge in [0, 0.05) is 10.8 Å². The van der Waals surface area contributed by atoms with E-state index >= 15 is 0 Å². The molecule has 12 heavy (non-hydrogen) atoms. The predicted molar refractivity (Wildman–Crippen MR) is 57.9 cm³/mol. The number of thiol groups is 1. The zero-order valence-electron chi connectivity index (χ0n) is 8.67. The summed E-state index contributed by atoms with van der Waals surface area (Å²) in [6.45, 7) is 8.04. The van der Waals surface area contributed by atoms with Crippen molar-refractivity contribution in [3.63, 3.8) is 0 Å². The van der Waals surface area contributed by atoms with Gasteiger partial charge in [0.05, 0.1) is 0 Å². The fourth-order valence-electron chi connectivity index (χ4n) is 2.03. The standard InChI is InChI=1S/C10H21NS/c1-8(2)10(3,12)9-6-5-7-11(9)4/h8-9,12H,5-7H2,1-4H3/t9-,10?/m1/s1. The highest BCUT2D eigenvalue weighted by Gasteiger charge is 2.38. The quantitative estimate of drug-likeness (QED) is 0.650. The average molecular weight is 187 g/mol. The molecule has 0 radical (unpaired) electrons. The van der Waals surface area contributed by atoms with Crippen molar-refractivity contribution in [2.24, 2.45) is 5.92 Å². The highest BCUT2D eigenvalue weighted by atomic mass is 32.1. The van der Waals surface area contributed by atoms with Crippen LogP contribution in [0.4, 0.5) is 0 Å². The summed E-state index contributed by atoms with van der Waals surface area (Å²) in [7, 11) is 2.22. The van der Waals surface area contributed by atoms with Crippen LogP contribution in [0.25, 0.3) is 0 Å². The van der Waals surface area contributed by atoms with E-state index in [9.17, 15) is 0 Å². The first-order valence-corrected chi connectivity index (χ1v) is 5.33. The Hall–Kier alpha value is 0.310. The number of rotatable bonds is 2. The number of nitrogens with zero attached hydrogens (tertiary/aromatic N) is 1. The molecule has 1 unspecified atom stereocenters. The lowest BCUT2D eigenvalue weighted by Crippen LogP contribution is -2.45. The molecule has 1 saturated heterocycles. The maximum atomic E-state index is 4.79. The van der Waals surface area contributed by atoms with Crippen LogP contribution in [0.1, 0.15) is 33.6 Å². The highest BCUT2D eigenvalue weighted by Crippen LogP contribution is 2.35. The second kappa shape index (κ2) is 3.59. The molecule has 0 aromatic rings. The average Bonchev–Trinajstić information content (AvgIpc) is 2.35. The fraction of sp³-hybridized carbons (Fsp3) is 1.00. The Morgan fingerprint density at radius 2 is 2.08 bits per heavy atom. The molecule has 0 spiro atoms. The van der Waals surface area contributed by atoms with Crippen molar-refractivity contribution in [1.82, 2.24) is 4.90 Å². The largest absolute Gasteiger partial charge is 0.302 e. The van der Waals surface area contributed by atoms with Crippen LogP contribution < -0.4 is 0 Å². The first kappa shape index (κ1) is 10.4. The molecule has 1 fully saturated rings. The van der Waals surface area contributed by atoms with Gasteiger partial charge in [-0.05, 0) is 39.3 Å². The van der Waals surface area contributed by atoms with Crippen molar-refractivity contribution >= 4 is 12.6 Å². The molecular weight excluding hydrogens is 166 g/mol. The molecule has 1 aliphatic heterocycles. The van der Waals surface area contributed by atoms with Crippen LogP contribution >= 0.6 is 12.6 Å². The van der Waals surface area contributed by atoms with Crippen LogP contribution in [0.5, 0.6) is 0 Å². The van der Waals surface area contributed by atoms with Crippen LogP contribution in [-0.2, 0) is 0 Å². The summed E-state index contributed by atoms with van der Waals surface area (Å²) in [5, 5.41) is 0. The van der Waals surface area contributed by atoms with E-state index in [1.807, 2.05) is 0 Å². The fourth-order valence-corrected chi connectivity index (χ4v) is 2.36. The molecule has 0 saturated carbocycles. The van der Waals surface area contributed by atoms with Crippen LogP contribution in [0, 0.1) is 5.92 Å². The van der Waals surface area contributed by atoms with Gasteiger partial charge in [-0.25, -0.2) is 0 Å².